The highest BCUT2D eigenvalue weighted by Crippen LogP contribution is 2.34. The molecule has 2 aliphatic heterocycles. The summed E-state index contributed by atoms with van der Waals surface area (Å²) in [5, 5.41) is 3.03. The van der Waals surface area contributed by atoms with Gasteiger partial charge in [0, 0.05) is 36.0 Å². The molecule has 180 valence electrons. The number of nitrogens with zero attached hydrogens (tertiary/aromatic N) is 2. The number of ether oxygens (including phenoxy) is 2. The number of benzene rings is 2. The molecular formula is C28H29N3O4. The molecule has 0 saturated carbocycles. The zero-order valence-corrected chi connectivity index (χ0v) is 20.3. The van der Waals surface area contributed by atoms with Gasteiger partial charge in [0.15, 0.2) is 11.5 Å². The van der Waals surface area contributed by atoms with E-state index in [2.05, 4.69) is 5.32 Å². The van der Waals surface area contributed by atoms with Crippen molar-refractivity contribution in [1.29, 1.82) is 0 Å². The van der Waals surface area contributed by atoms with Crippen LogP contribution in [0.2, 0.25) is 0 Å². The molecule has 5 rings (SSSR count). The van der Waals surface area contributed by atoms with E-state index in [-0.39, 0.29) is 24.5 Å². The zero-order valence-electron chi connectivity index (χ0n) is 20.3. The number of aromatic nitrogens is 1. The van der Waals surface area contributed by atoms with Crippen LogP contribution in [0, 0.1) is 20.8 Å². The Labute approximate surface area is 205 Å². The Morgan fingerprint density at radius 2 is 1.69 bits per heavy atom. The largest absolute Gasteiger partial charge is 0.454 e. The molecule has 0 radical (unpaired) electrons. The molecule has 0 unspecified atom stereocenters. The number of carbonyl (C=O) groups is 2. The molecular weight excluding hydrogens is 442 g/mol. The molecule has 3 heterocycles. The van der Waals surface area contributed by atoms with E-state index in [1.807, 2.05) is 56.0 Å². The van der Waals surface area contributed by atoms with Gasteiger partial charge >= 0.3 is 0 Å². The summed E-state index contributed by atoms with van der Waals surface area (Å²) in [7, 11) is 0. The summed E-state index contributed by atoms with van der Waals surface area (Å²) in [6.07, 6.45) is 1.49. The van der Waals surface area contributed by atoms with Crippen molar-refractivity contribution in [3.05, 3.63) is 82.2 Å². The van der Waals surface area contributed by atoms with Crippen LogP contribution in [0.15, 0.2) is 48.5 Å². The summed E-state index contributed by atoms with van der Waals surface area (Å²) >= 11 is 0. The number of piperidine rings is 1. The molecule has 7 nitrogen and oxygen atoms in total. The van der Waals surface area contributed by atoms with Gasteiger partial charge in [-0.25, -0.2) is 0 Å². The monoisotopic (exact) mass is 471 g/mol. The molecule has 0 spiro atoms. The molecule has 1 saturated heterocycles. The first-order valence-corrected chi connectivity index (χ1v) is 11.9. The first kappa shape index (κ1) is 22.9. The van der Waals surface area contributed by atoms with Crippen molar-refractivity contribution in [3.63, 3.8) is 0 Å². The Kier molecular flexibility index (Phi) is 6.16. The number of hydrogen-bond donors (Lipinski definition) is 1. The lowest BCUT2D eigenvalue weighted by atomic mass is 9.89. The van der Waals surface area contributed by atoms with Gasteiger partial charge in [0.2, 0.25) is 6.79 Å². The Hall–Kier alpha value is -3.87. The number of pyridine rings is 1. The second-order valence-corrected chi connectivity index (χ2v) is 9.27. The molecule has 1 fully saturated rings. The van der Waals surface area contributed by atoms with Crippen LogP contribution in [0.25, 0.3) is 0 Å². The van der Waals surface area contributed by atoms with Crippen LogP contribution in [0.5, 0.6) is 11.5 Å². The van der Waals surface area contributed by atoms with Crippen LogP contribution in [0.3, 0.4) is 0 Å². The van der Waals surface area contributed by atoms with E-state index in [9.17, 15) is 9.59 Å². The quantitative estimate of drug-likeness (QED) is 0.579. The Bertz CT molecular complexity index is 1300. The molecule has 0 atom stereocenters. The highest BCUT2D eigenvalue weighted by atomic mass is 16.7. The van der Waals surface area contributed by atoms with Gasteiger partial charge in [-0.2, -0.15) is 0 Å². The smallest absolute Gasteiger partial charge is 0.257 e. The molecule has 2 amide bonds. The maximum atomic E-state index is 13.2. The second-order valence-electron chi connectivity index (χ2n) is 9.27. The predicted octanol–water partition coefficient (Wildman–Crippen LogP) is 5.01. The van der Waals surface area contributed by atoms with E-state index in [1.54, 1.807) is 18.2 Å². The summed E-state index contributed by atoms with van der Waals surface area (Å²) in [5.41, 5.74) is 5.95. The summed E-state index contributed by atoms with van der Waals surface area (Å²) in [6, 6.07) is 14.9. The number of likely N-dealkylation sites (tertiary alicyclic amines) is 1. The van der Waals surface area contributed by atoms with Crippen molar-refractivity contribution in [2.45, 2.75) is 39.5 Å². The molecule has 7 heteroatoms. The molecule has 0 aliphatic carbocycles. The fraction of sp³-hybridized carbons (Fsp3) is 0.321. The number of carbonyl (C=O) groups excluding carboxylic acids is 2. The van der Waals surface area contributed by atoms with Crippen LogP contribution < -0.4 is 14.8 Å². The van der Waals surface area contributed by atoms with Crippen LogP contribution in [-0.2, 0) is 0 Å². The van der Waals surface area contributed by atoms with Gasteiger partial charge in [0.1, 0.15) is 0 Å². The minimum atomic E-state index is -0.158. The molecule has 2 aliphatic rings. The van der Waals surface area contributed by atoms with Crippen molar-refractivity contribution < 1.29 is 19.1 Å². The lowest BCUT2D eigenvalue weighted by Crippen LogP contribution is -2.38. The Balaban J connectivity index is 1.29. The summed E-state index contributed by atoms with van der Waals surface area (Å²) < 4.78 is 10.8. The molecule has 3 aromatic rings. The number of rotatable bonds is 4. The van der Waals surface area contributed by atoms with E-state index in [0.717, 1.165) is 35.5 Å². The zero-order chi connectivity index (χ0) is 24.5. The molecule has 0 bridgehead atoms. The number of fused-ring (bicyclic) bond motifs is 1. The standard InChI is InChI=1S/C28H29N3O4/c1-17-4-7-22(14-18(17)2)30-27(32)23-8-5-19(3)29-26(23)20-10-12-31(13-11-20)28(33)21-6-9-24-25(15-21)35-16-34-24/h4-9,14-15,20H,10-13,16H2,1-3H3,(H,30,32). The average molecular weight is 472 g/mol. The van der Waals surface area contributed by atoms with Gasteiger partial charge in [-0.15, -0.1) is 0 Å². The SMILES string of the molecule is Cc1ccc(C(=O)Nc2ccc(C)c(C)c2)c(C2CCN(C(=O)c3ccc4c(c3)OCO4)CC2)n1. The lowest BCUT2D eigenvalue weighted by Gasteiger charge is -2.32. The fourth-order valence-corrected chi connectivity index (χ4v) is 4.67. The van der Waals surface area contributed by atoms with Gasteiger partial charge in [0.05, 0.1) is 11.3 Å². The minimum Gasteiger partial charge on any atom is -0.454 e. The molecule has 1 aromatic heterocycles. The third kappa shape index (κ3) is 4.71. The lowest BCUT2D eigenvalue weighted by molar-refractivity contribution is 0.0710. The van der Waals surface area contributed by atoms with E-state index >= 15 is 0 Å². The van der Waals surface area contributed by atoms with E-state index < -0.39 is 0 Å². The van der Waals surface area contributed by atoms with Crippen molar-refractivity contribution in [2.24, 2.45) is 0 Å². The number of anilines is 1. The fourth-order valence-electron chi connectivity index (χ4n) is 4.67. The number of hydrogen-bond acceptors (Lipinski definition) is 5. The third-order valence-corrected chi connectivity index (χ3v) is 6.86. The first-order valence-electron chi connectivity index (χ1n) is 11.9. The van der Waals surface area contributed by atoms with Crippen LogP contribution >= 0.6 is 0 Å². The van der Waals surface area contributed by atoms with E-state index in [4.69, 9.17) is 14.5 Å². The average Bonchev–Trinajstić information content (AvgIpc) is 3.34. The van der Waals surface area contributed by atoms with Crippen molar-refractivity contribution in [1.82, 2.24) is 9.88 Å². The predicted molar refractivity (Wildman–Crippen MR) is 133 cm³/mol. The maximum Gasteiger partial charge on any atom is 0.257 e. The second kappa shape index (κ2) is 9.41. The maximum absolute atomic E-state index is 13.2. The van der Waals surface area contributed by atoms with Crippen molar-refractivity contribution >= 4 is 17.5 Å². The topological polar surface area (TPSA) is 80.8 Å². The van der Waals surface area contributed by atoms with Crippen LogP contribution in [-0.4, -0.2) is 41.6 Å². The highest BCUT2D eigenvalue weighted by molar-refractivity contribution is 6.05. The van der Waals surface area contributed by atoms with Gasteiger partial charge in [-0.3, -0.25) is 14.6 Å². The van der Waals surface area contributed by atoms with Crippen molar-refractivity contribution in [2.75, 3.05) is 25.2 Å². The van der Waals surface area contributed by atoms with Gasteiger partial charge in [-0.1, -0.05) is 6.07 Å². The van der Waals surface area contributed by atoms with Gasteiger partial charge in [0.25, 0.3) is 11.8 Å². The molecule has 1 N–H and O–H groups in total. The van der Waals surface area contributed by atoms with Crippen LogP contribution in [0.4, 0.5) is 5.69 Å². The first-order chi connectivity index (χ1) is 16.9. The van der Waals surface area contributed by atoms with Crippen LogP contribution in [0.1, 0.15) is 62.0 Å². The Morgan fingerprint density at radius 1 is 0.914 bits per heavy atom. The van der Waals surface area contributed by atoms with Gasteiger partial charge < -0.3 is 19.7 Å². The number of amides is 2. The minimum absolute atomic E-state index is 0.0216. The third-order valence-electron chi connectivity index (χ3n) is 6.86. The highest BCUT2D eigenvalue weighted by Gasteiger charge is 2.29. The summed E-state index contributed by atoms with van der Waals surface area (Å²) in [4.78, 5) is 32.9. The molecule has 35 heavy (non-hydrogen) atoms. The number of nitrogens with one attached hydrogen (secondary N) is 1. The van der Waals surface area contributed by atoms with Gasteiger partial charge in [-0.05, 0) is 87.2 Å². The van der Waals surface area contributed by atoms with Crippen molar-refractivity contribution in [3.8, 4) is 11.5 Å². The summed E-state index contributed by atoms with van der Waals surface area (Å²) in [6.45, 7) is 7.40. The van der Waals surface area contributed by atoms with E-state index in [0.29, 0.717) is 35.7 Å². The normalized spacial score (nSPS) is 15.2. The number of aryl methyl sites for hydroxylation is 3. The van der Waals surface area contributed by atoms with E-state index in [1.165, 1.54) is 5.56 Å². The summed E-state index contributed by atoms with van der Waals surface area (Å²) in [5.74, 6) is 1.20. The Morgan fingerprint density at radius 3 is 2.46 bits per heavy atom. The molecule has 2 aromatic carbocycles.